The normalized spacial score (nSPS) is 13.9. The van der Waals surface area contributed by atoms with E-state index in [2.05, 4.69) is 17.6 Å². The summed E-state index contributed by atoms with van der Waals surface area (Å²) < 4.78 is 11.5. The maximum absolute atomic E-state index is 12.0. The summed E-state index contributed by atoms with van der Waals surface area (Å²) in [5.41, 5.74) is 0.491. The van der Waals surface area contributed by atoms with Crippen LogP contribution in [0.1, 0.15) is 45.1 Å². The van der Waals surface area contributed by atoms with Crippen LogP contribution in [0.5, 0.6) is 11.5 Å². The summed E-state index contributed by atoms with van der Waals surface area (Å²) in [7, 11) is 0. The highest BCUT2D eigenvalue weighted by atomic mass is 35.5. The molecule has 1 saturated heterocycles. The van der Waals surface area contributed by atoms with Gasteiger partial charge in [-0.25, -0.2) is 0 Å². The Bertz CT molecular complexity index is 742. The standard InChI is InChI=1S/C19H23ClN2O4S/c1-3-5-6-7-8-26-16-14(20)10-12(11-15(16)25-4-2)9-13-17(23)21-19(27)22-18(13)24/h9-11H,3-8H2,1-2H3,(H2,21,22,23,24,27). The van der Waals surface area contributed by atoms with Crippen molar-refractivity contribution in [1.82, 2.24) is 10.6 Å². The minimum atomic E-state index is -0.561. The average molecular weight is 411 g/mol. The summed E-state index contributed by atoms with van der Waals surface area (Å²) in [6, 6.07) is 3.32. The van der Waals surface area contributed by atoms with Crippen LogP contribution < -0.4 is 20.1 Å². The van der Waals surface area contributed by atoms with Crippen molar-refractivity contribution in [2.45, 2.75) is 39.5 Å². The average Bonchev–Trinajstić information content (AvgIpc) is 2.60. The molecule has 0 radical (unpaired) electrons. The molecule has 0 atom stereocenters. The van der Waals surface area contributed by atoms with Crippen LogP contribution in [0.2, 0.25) is 5.02 Å². The van der Waals surface area contributed by atoms with Gasteiger partial charge < -0.3 is 9.47 Å². The molecule has 0 spiro atoms. The fourth-order valence-electron chi connectivity index (χ4n) is 2.55. The van der Waals surface area contributed by atoms with E-state index >= 15 is 0 Å². The molecule has 1 aromatic rings. The molecule has 27 heavy (non-hydrogen) atoms. The highest BCUT2D eigenvalue weighted by molar-refractivity contribution is 7.80. The number of carbonyl (C=O) groups is 2. The molecule has 0 unspecified atom stereocenters. The number of benzene rings is 1. The molecule has 2 amide bonds. The number of halogens is 1. The predicted molar refractivity (Wildman–Crippen MR) is 109 cm³/mol. The molecule has 1 aliphatic heterocycles. The van der Waals surface area contributed by atoms with Crippen LogP contribution in [0, 0.1) is 0 Å². The van der Waals surface area contributed by atoms with Crippen LogP contribution in [0.3, 0.4) is 0 Å². The highest BCUT2D eigenvalue weighted by Gasteiger charge is 2.26. The number of amides is 2. The summed E-state index contributed by atoms with van der Waals surface area (Å²) in [4.78, 5) is 24.0. The summed E-state index contributed by atoms with van der Waals surface area (Å²) in [6.45, 7) is 4.98. The van der Waals surface area contributed by atoms with Crippen molar-refractivity contribution in [3.8, 4) is 11.5 Å². The second kappa shape index (κ2) is 10.3. The zero-order chi connectivity index (χ0) is 19.8. The molecular formula is C19H23ClN2O4S. The van der Waals surface area contributed by atoms with Crippen LogP contribution in [0.15, 0.2) is 17.7 Å². The summed E-state index contributed by atoms with van der Waals surface area (Å²) in [5, 5.41) is 5.13. The van der Waals surface area contributed by atoms with Gasteiger partial charge in [-0.2, -0.15) is 0 Å². The van der Waals surface area contributed by atoms with Gasteiger partial charge in [0.2, 0.25) is 0 Å². The highest BCUT2D eigenvalue weighted by Crippen LogP contribution is 2.37. The van der Waals surface area contributed by atoms with Gasteiger partial charge >= 0.3 is 0 Å². The first-order chi connectivity index (χ1) is 13.0. The number of carbonyl (C=O) groups excluding carboxylic acids is 2. The smallest absolute Gasteiger partial charge is 0.263 e. The fraction of sp³-hybridized carbons (Fsp3) is 0.421. The van der Waals surface area contributed by atoms with Gasteiger partial charge in [0.15, 0.2) is 16.6 Å². The Morgan fingerprint density at radius 2 is 1.78 bits per heavy atom. The molecule has 0 saturated carbocycles. The van der Waals surface area contributed by atoms with Crippen molar-refractivity contribution >= 4 is 46.8 Å². The van der Waals surface area contributed by atoms with E-state index in [4.69, 9.17) is 33.3 Å². The van der Waals surface area contributed by atoms with Gasteiger partial charge in [-0.1, -0.05) is 37.8 Å². The lowest BCUT2D eigenvalue weighted by molar-refractivity contribution is -0.123. The fourth-order valence-corrected chi connectivity index (χ4v) is 3.01. The summed E-state index contributed by atoms with van der Waals surface area (Å²) in [5.74, 6) is -0.182. The maximum atomic E-state index is 12.0. The monoisotopic (exact) mass is 410 g/mol. The second-order valence-corrected chi connectivity index (χ2v) is 6.78. The molecule has 1 aliphatic rings. The van der Waals surface area contributed by atoms with Gasteiger partial charge in [-0.3, -0.25) is 20.2 Å². The zero-order valence-corrected chi connectivity index (χ0v) is 17.0. The van der Waals surface area contributed by atoms with E-state index in [1.807, 2.05) is 6.92 Å². The van der Waals surface area contributed by atoms with Crippen molar-refractivity contribution in [2.24, 2.45) is 0 Å². The van der Waals surface area contributed by atoms with Crippen LogP contribution in [0.4, 0.5) is 0 Å². The lowest BCUT2D eigenvalue weighted by atomic mass is 10.1. The van der Waals surface area contributed by atoms with E-state index in [0.717, 1.165) is 25.7 Å². The first kappa shape index (κ1) is 21.2. The third-order valence-corrected chi connectivity index (χ3v) is 4.32. The molecule has 1 heterocycles. The maximum Gasteiger partial charge on any atom is 0.263 e. The minimum absolute atomic E-state index is 0.0120. The molecule has 0 aromatic heterocycles. The third kappa shape index (κ3) is 5.94. The molecule has 6 nitrogen and oxygen atoms in total. The molecule has 1 aromatic carbocycles. The van der Waals surface area contributed by atoms with E-state index in [1.165, 1.54) is 6.08 Å². The van der Waals surface area contributed by atoms with Crippen LogP contribution in [-0.4, -0.2) is 30.1 Å². The van der Waals surface area contributed by atoms with Crippen LogP contribution >= 0.6 is 23.8 Å². The first-order valence-corrected chi connectivity index (χ1v) is 9.72. The number of nitrogens with one attached hydrogen (secondary N) is 2. The van der Waals surface area contributed by atoms with Crippen LogP contribution in [-0.2, 0) is 9.59 Å². The molecule has 2 N–H and O–H groups in total. The van der Waals surface area contributed by atoms with E-state index < -0.39 is 11.8 Å². The van der Waals surface area contributed by atoms with Gasteiger partial charge in [0.05, 0.1) is 18.2 Å². The lowest BCUT2D eigenvalue weighted by Crippen LogP contribution is -2.51. The van der Waals surface area contributed by atoms with E-state index in [1.54, 1.807) is 12.1 Å². The Kier molecular flexibility index (Phi) is 8.06. The van der Waals surface area contributed by atoms with E-state index in [0.29, 0.717) is 35.3 Å². The Morgan fingerprint density at radius 3 is 2.41 bits per heavy atom. The Morgan fingerprint density at radius 1 is 1.07 bits per heavy atom. The number of thiocarbonyl (C=S) groups is 1. The predicted octanol–water partition coefficient (Wildman–Crippen LogP) is 3.61. The number of rotatable bonds is 9. The van der Waals surface area contributed by atoms with E-state index in [9.17, 15) is 9.59 Å². The molecule has 1 fully saturated rings. The number of hydrogen-bond donors (Lipinski definition) is 2. The first-order valence-electron chi connectivity index (χ1n) is 8.93. The number of unbranched alkanes of at least 4 members (excludes halogenated alkanes) is 3. The Balaban J connectivity index is 2.23. The lowest BCUT2D eigenvalue weighted by Gasteiger charge is -2.17. The van der Waals surface area contributed by atoms with Crippen molar-refractivity contribution in [3.05, 3.63) is 28.3 Å². The van der Waals surface area contributed by atoms with Gasteiger partial charge in [0.1, 0.15) is 5.57 Å². The summed E-state index contributed by atoms with van der Waals surface area (Å²) in [6.07, 6.45) is 5.78. The van der Waals surface area contributed by atoms with E-state index in [-0.39, 0.29) is 10.7 Å². The SMILES string of the molecule is CCCCCCOc1c(Cl)cc(C=C2C(=O)NC(=S)NC2=O)cc1OCC. The molecule has 0 bridgehead atoms. The molecule has 8 heteroatoms. The van der Waals surface area contributed by atoms with Crippen LogP contribution in [0.25, 0.3) is 6.08 Å². The Labute approximate surface area is 169 Å². The number of hydrogen-bond acceptors (Lipinski definition) is 5. The van der Waals surface area contributed by atoms with Gasteiger partial charge in [-0.05, 0) is 49.3 Å². The molecular weight excluding hydrogens is 388 g/mol. The molecule has 146 valence electrons. The topological polar surface area (TPSA) is 76.7 Å². The quantitative estimate of drug-likeness (QED) is 0.281. The van der Waals surface area contributed by atoms with Crippen molar-refractivity contribution in [1.29, 1.82) is 0 Å². The van der Waals surface area contributed by atoms with Crippen molar-refractivity contribution < 1.29 is 19.1 Å². The zero-order valence-electron chi connectivity index (χ0n) is 15.4. The van der Waals surface area contributed by atoms with Gasteiger partial charge in [0.25, 0.3) is 11.8 Å². The molecule has 0 aliphatic carbocycles. The number of ether oxygens (including phenoxy) is 2. The van der Waals surface area contributed by atoms with Gasteiger partial charge in [0, 0.05) is 0 Å². The second-order valence-electron chi connectivity index (χ2n) is 5.97. The Hall–Kier alpha value is -2.12. The van der Waals surface area contributed by atoms with Crippen molar-refractivity contribution in [2.75, 3.05) is 13.2 Å². The van der Waals surface area contributed by atoms with Crippen molar-refractivity contribution in [3.63, 3.8) is 0 Å². The minimum Gasteiger partial charge on any atom is -0.490 e. The van der Waals surface area contributed by atoms with Gasteiger partial charge in [-0.15, -0.1) is 0 Å². The molecule has 2 rings (SSSR count). The summed E-state index contributed by atoms with van der Waals surface area (Å²) >= 11 is 11.2. The largest absolute Gasteiger partial charge is 0.490 e. The third-order valence-electron chi connectivity index (χ3n) is 3.83.